The highest BCUT2D eigenvalue weighted by atomic mass is 16.5. The normalized spacial score (nSPS) is 13.7. The SMILES string of the molecule is CC(C)c1noc(-c2ccccc2C(=O)Nc2cc3n(n2)CCCC3)n1. The van der Waals surface area contributed by atoms with Gasteiger partial charge in [-0.3, -0.25) is 9.48 Å². The summed E-state index contributed by atoms with van der Waals surface area (Å²) in [6, 6.07) is 9.17. The van der Waals surface area contributed by atoms with Gasteiger partial charge in [0.25, 0.3) is 11.8 Å². The monoisotopic (exact) mass is 351 g/mol. The molecule has 0 aliphatic carbocycles. The van der Waals surface area contributed by atoms with Crippen LogP contribution in [0.4, 0.5) is 5.82 Å². The van der Waals surface area contributed by atoms with Gasteiger partial charge in [-0.15, -0.1) is 0 Å². The number of nitrogens with zero attached hydrogens (tertiary/aromatic N) is 4. The van der Waals surface area contributed by atoms with Crippen molar-refractivity contribution in [3.05, 3.63) is 47.4 Å². The number of rotatable bonds is 4. The largest absolute Gasteiger partial charge is 0.334 e. The van der Waals surface area contributed by atoms with E-state index in [-0.39, 0.29) is 11.8 Å². The van der Waals surface area contributed by atoms with E-state index in [1.165, 1.54) is 5.69 Å². The number of aromatic nitrogens is 4. The smallest absolute Gasteiger partial charge is 0.258 e. The highest BCUT2D eigenvalue weighted by Crippen LogP contribution is 2.25. The Morgan fingerprint density at radius 1 is 1.27 bits per heavy atom. The Morgan fingerprint density at radius 3 is 2.88 bits per heavy atom. The van der Waals surface area contributed by atoms with Crippen LogP contribution in [-0.4, -0.2) is 25.8 Å². The number of anilines is 1. The number of benzene rings is 1. The average molecular weight is 351 g/mol. The summed E-state index contributed by atoms with van der Waals surface area (Å²) < 4.78 is 7.33. The third kappa shape index (κ3) is 3.12. The first-order chi connectivity index (χ1) is 12.6. The predicted molar refractivity (Wildman–Crippen MR) is 96.9 cm³/mol. The van der Waals surface area contributed by atoms with Gasteiger partial charge in [0.2, 0.25) is 0 Å². The van der Waals surface area contributed by atoms with Crippen molar-refractivity contribution in [2.75, 3.05) is 5.32 Å². The molecule has 3 aromatic rings. The quantitative estimate of drug-likeness (QED) is 0.775. The molecule has 1 aliphatic rings. The summed E-state index contributed by atoms with van der Waals surface area (Å²) in [7, 11) is 0. The molecule has 1 N–H and O–H groups in total. The van der Waals surface area contributed by atoms with Gasteiger partial charge in [-0.2, -0.15) is 10.1 Å². The number of carbonyl (C=O) groups is 1. The van der Waals surface area contributed by atoms with E-state index in [9.17, 15) is 4.79 Å². The van der Waals surface area contributed by atoms with Crippen LogP contribution in [0.15, 0.2) is 34.9 Å². The zero-order chi connectivity index (χ0) is 18.1. The lowest BCUT2D eigenvalue weighted by molar-refractivity contribution is 0.102. The van der Waals surface area contributed by atoms with Crippen molar-refractivity contribution < 1.29 is 9.32 Å². The second-order valence-corrected chi connectivity index (χ2v) is 6.81. The summed E-state index contributed by atoms with van der Waals surface area (Å²) >= 11 is 0. The third-order valence-corrected chi connectivity index (χ3v) is 4.52. The molecule has 0 saturated heterocycles. The van der Waals surface area contributed by atoms with Crippen LogP contribution in [0.3, 0.4) is 0 Å². The van der Waals surface area contributed by atoms with Crippen molar-refractivity contribution in [1.82, 2.24) is 19.9 Å². The highest BCUT2D eigenvalue weighted by Gasteiger charge is 2.20. The molecule has 0 spiro atoms. The number of hydrogen-bond acceptors (Lipinski definition) is 5. The number of carbonyl (C=O) groups excluding carboxylic acids is 1. The number of fused-ring (bicyclic) bond motifs is 1. The second-order valence-electron chi connectivity index (χ2n) is 6.81. The summed E-state index contributed by atoms with van der Waals surface area (Å²) in [6.45, 7) is 4.89. The lowest BCUT2D eigenvalue weighted by Crippen LogP contribution is -2.14. The first kappa shape index (κ1) is 16.5. The van der Waals surface area contributed by atoms with E-state index in [4.69, 9.17) is 4.52 Å². The lowest BCUT2D eigenvalue weighted by Gasteiger charge is -2.11. The van der Waals surface area contributed by atoms with Gasteiger partial charge in [0.15, 0.2) is 11.6 Å². The van der Waals surface area contributed by atoms with Crippen LogP contribution in [0.1, 0.15) is 54.5 Å². The number of hydrogen-bond donors (Lipinski definition) is 1. The molecule has 7 heteroatoms. The zero-order valence-electron chi connectivity index (χ0n) is 14.9. The van der Waals surface area contributed by atoms with Gasteiger partial charge in [0, 0.05) is 24.2 Å². The molecule has 0 unspecified atom stereocenters. The Bertz CT molecular complexity index is 918. The van der Waals surface area contributed by atoms with Crippen LogP contribution in [0.5, 0.6) is 0 Å². The molecule has 0 fully saturated rings. The van der Waals surface area contributed by atoms with E-state index >= 15 is 0 Å². The fourth-order valence-electron chi connectivity index (χ4n) is 3.11. The maximum atomic E-state index is 12.8. The molecule has 26 heavy (non-hydrogen) atoms. The first-order valence-corrected chi connectivity index (χ1v) is 8.93. The summed E-state index contributed by atoms with van der Waals surface area (Å²) in [4.78, 5) is 17.2. The molecule has 0 atom stereocenters. The van der Waals surface area contributed by atoms with Crippen LogP contribution >= 0.6 is 0 Å². The maximum Gasteiger partial charge on any atom is 0.258 e. The van der Waals surface area contributed by atoms with Gasteiger partial charge in [-0.1, -0.05) is 31.1 Å². The van der Waals surface area contributed by atoms with Crippen LogP contribution in [0, 0.1) is 0 Å². The number of aryl methyl sites for hydroxylation is 2. The van der Waals surface area contributed by atoms with E-state index in [2.05, 4.69) is 20.6 Å². The third-order valence-electron chi connectivity index (χ3n) is 4.52. The van der Waals surface area contributed by atoms with Gasteiger partial charge in [0.05, 0.1) is 11.1 Å². The molecule has 4 rings (SSSR count). The molecular formula is C19H21N5O2. The fraction of sp³-hybridized carbons (Fsp3) is 0.368. The molecule has 134 valence electrons. The summed E-state index contributed by atoms with van der Waals surface area (Å²) in [5, 5.41) is 11.4. The minimum atomic E-state index is -0.236. The highest BCUT2D eigenvalue weighted by molar-refractivity contribution is 6.07. The van der Waals surface area contributed by atoms with Gasteiger partial charge < -0.3 is 9.84 Å². The molecule has 1 aliphatic heterocycles. The van der Waals surface area contributed by atoms with Gasteiger partial charge in [-0.05, 0) is 31.4 Å². The van der Waals surface area contributed by atoms with E-state index in [1.807, 2.05) is 42.8 Å². The first-order valence-electron chi connectivity index (χ1n) is 8.93. The minimum absolute atomic E-state index is 0.158. The van der Waals surface area contributed by atoms with Crippen molar-refractivity contribution >= 4 is 11.7 Å². The van der Waals surface area contributed by atoms with Crippen LogP contribution < -0.4 is 5.32 Å². The van der Waals surface area contributed by atoms with Crippen LogP contribution in [-0.2, 0) is 13.0 Å². The zero-order valence-corrected chi connectivity index (χ0v) is 14.9. The van der Waals surface area contributed by atoms with Gasteiger partial charge in [0.1, 0.15) is 0 Å². The molecule has 0 radical (unpaired) electrons. The maximum absolute atomic E-state index is 12.8. The molecule has 3 heterocycles. The molecule has 1 aromatic carbocycles. The second kappa shape index (κ2) is 6.74. The van der Waals surface area contributed by atoms with Crippen LogP contribution in [0.2, 0.25) is 0 Å². The molecular weight excluding hydrogens is 330 g/mol. The van der Waals surface area contributed by atoms with Gasteiger partial charge in [-0.25, -0.2) is 0 Å². The lowest BCUT2D eigenvalue weighted by atomic mass is 10.1. The topological polar surface area (TPSA) is 85.8 Å². The van der Waals surface area contributed by atoms with Crippen LogP contribution in [0.25, 0.3) is 11.5 Å². The summed E-state index contributed by atoms with van der Waals surface area (Å²) in [5.74, 6) is 1.47. The standard InChI is InChI=1S/C19H21N5O2/c1-12(2)17-21-19(26-23-17)15-9-4-3-8-14(15)18(25)20-16-11-13-7-5-6-10-24(13)22-16/h3-4,8-9,11-12H,5-7,10H2,1-2H3,(H,20,22,25). The molecule has 0 saturated carbocycles. The summed E-state index contributed by atoms with van der Waals surface area (Å²) in [6.07, 6.45) is 3.29. The number of nitrogens with one attached hydrogen (secondary N) is 1. The Labute approximate surface area is 151 Å². The van der Waals surface area contributed by atoms with Crippen molar-refractivity contribution in [3.63, 3.8) is 0 Å². The summed E-state index contributed by atoms with van der Waals surface area (Å²) in [5.41, 5.74) is 2.27. The molecule has 2 aromatic heterocycles. The van der Waals surface area contributed by atoms with Crippen molar-refractivity contribution in [3.8, 4) is 11.5 Å². The van der Waals surface area contributed by atoms with Crippen molar-refractivity contribution in [1.29, 1.82) is 0 Å². The van der Waals surface area contributed by atoms with Gasteiger partial charge >= 0.3 is 0 Å². The van der Waals surface area contributed by atoms with Crippen molar-refractivity contribution in [2.24, 2.45) is 0 Å². The molecule has 7 nitrogen and oxygen atoms in total. The Balaban J connectivity index is 1.61. The van der Waals surface area contributed by atoms with E-state index in [0.29, 0.717) is 28.7 Å². The Hall–Kier alpha value is -2.96. The van der Waals surface area contributed by atoms with E-state index in [0.717, 1.165) is 25.8 Å². The molecule has 1 amide bonds. The molecule has 0 bridgehead atoms. The van der Waals surface area contributed by atoms with E-state index in [1.54, 1.807) is 6.07 Å². The fourth-order valence-corrected chi connectivity index (χ4v) is 3.11. The Kier molecular flexibility index (Phi) is 4.28. The minimum Gasteiger partial charge on any atom is -0.334 e. The van der Waals surface area contributed by atoms with E-state index < -0.39 is 0 Å². The predicted octanol–water partition coefficient (Wildman–Crippen LogP) is 3.65. The Morgan fingerprint density at radius 2 is 2.12 bits per heavy atom. The van der Waals surface area contributed by atoms with Crippen molar-refractivity contribution in [2.45, 2.75) is 45.6 Å². The number of amides is 1. The average Bonchev–Trinajstić information content (AvgIpc) is 3.28.